The number of ether oxygens (including phenoxy) is 2. The van der Waals surface area contributed by atoms with Crippen LogP contribution in [-0.2, 0) is 6.61 Å². The molecule has 1 heterocycles. The van der Waals surface area contributed by atoms with Crippen LogP contribution in [0.2, 0.25) is 0 Å². The Morgan fingerprint density at radius 3 is 2.75 bits per heavy atom. The quantitative estimate of drug-likeness (QED) is 0.386. The molecule has 1 saturated heterocycles. The molecule has 0 aliphatic carbocycles. The van der Waals surface area contributed by atoms with Gasteiger partial charge in [0.05, 0.1) is 19.4 Å². The first-order chi connectivity index (χ1) is 13.5. The number of carbonyl (C=O) groups excluding carboxylic acids is 1. The molecule has 0 aromatic heterocycles. The lowest BCUT2D eigenvalue weighted by Gasteiger charge is -2.30. The van der Waals surface area contributed by atoms with Crippen molar-refractivity contribution >= 4 is 28.2 Å². The normalized spacial score (nSPS) is 19.0. The predicted octanol–water partition coefficient (Wildman–Crippen LogP) is 2.49. The number of halogens is 1. The molecule has 0 bridgehead atoms. The summed E-state index contributed by atoms with van der Waals surface area (Å²) in [7, 11) is 1.60. The maximum atomic E-state index is 11.3. The molecule has 9 heteroatoms. The fourth-order valence-corrected chi connectivity index (χ4v) is 2.79. The molecule has 3 rings (SSSR count). The van der Waals surface area contributed by atoms with E-state index in [0.717, 1.165) is 15.6 Å². The van der Waals surface area contributed by atoms with Crippen LogP contribution in [0.5, 0.6) is 11.5 Å². The van der Waals surface area contributed by atoms with Crippen LogP contribution in [0.3, 0.4) is 0 Å². The Hall–Kier alpha value is -2.78. The van der Waals surface area contributed by atoms with Crippen LogP contribution in [0.25, 0.3) is 0 Å². The Balaban J connectivity index is 1.60. The Labute approximate surface area is 171 Å². The van der Waals surface area contributed by atoms with E-state index in [1.54, 1.807) is 13.3 Å². The molecule has 1 aliphatic heterocycles. The minimum atomic E-state index is -0.319. The molecule has 8 nitrogen and oxygen atoms in total. The summed E-state index contributed by atoms with van der Waals surface area (Å²) in [6.07, 6.45) is 1.34. The number of methoxy groups -OCH3 is 1. The number of hydrogen-bond acceptors (Lipinski definition) is 6. The highest BCUT2D eigenvalue weighted by Crippen LogP contribution is 2.28. The fourth-order valence-electron chi connectivity index (χ4n) is 2.53. The minimum absolute atomic E-state index is 0.0289. The molecule has 4 N–H and O–H groups in total. The summed E-state index contributed by atoms with van der Waals surface area (Å²) in [6.45, 7) is 2.36. The number of hydrazine groups is 1. The number of carbonyl (C=O) groups is 1. The van der Waals surface area contributed by atoms with Crippen molar-refractivity contribution in [2.24, 2.45) is 5.10 Å². The van der Waals surface area contributed by atoms with Crippen molar-refractivity contribution in [3.8, 4) is 11.5 Å². The van der Waals surface area contributed by atoms with E-state index in [1.165, 1.54) is 0 Å². The van der Waals surface area contributed by atoms with Crippen LogP contribution in [0.1, 0.15) is 18.1 Å². The molecule has 28 heavy (non-hydrogen) atoms. The molecule has 2 unspecified atom stereocenters. The Morgan fingerprint density at radius 1 is 1.21 bits per heavy atom. The molecule has 2 aromatic rings. The summed E-state index contributed by atoms with van der Waals surface area (Å²) >= 11 is 3.42. The van der Waals surface area contributed by atoms with Gasteiger partial charge in [-0.25, -0.2) is 10.2 Å². The molecule has 2 atom stereocenters. The van der Waals surface area contributed by atoms with Crippen molar-refractivity contribution in [3.63, 3.8) is 0 Å². The zero-order valence-corrected chi connectivity index (χ0v) is 17.1. The van der Waals surface area contributed by atoms with Crippen LogP contribution in [0.15, 0.2) is 52.0 Å². The largest absolute Gasteiger partial charge is 0.493 e. The van der Waals surface area contributed by atoms with E-state index in [-0.39, 0.29) is 18.2 Å². The van der Waals surface area contributed by atoms with Gasteiger partial charge in [0.2, 0.25) is 0 Å². The van der Waals surface area contributed by atoms with Crippen molar-refractivity contribution in [2.75, 3.05) is 7.11 Å². The molecule has 1 aliphatic rings. The van der Waals surface area contributed by atoms with E-state index in [4.69, 9.17) is 9.47 Å². The second-order valence-corrected chi connectivity index (χ2v) is 7.14. The van der Waals surface area contributed by atoms with Crippen LogP contribution in [0.4, 0.5) is 4.79 Å². The van der Waals surface area contributed by atoms with Crippen LogP contribution in [-0.4, -0.2) is 31.6 Å². The van der Waals surface area contributed by atoms with Gasteiger partial charge >= 0.3 is 6.03 Å². The highest BCUT2D eigenvalue weighted by Gasteiger charge is 2.23. The van der Waals surface area contributed by atoms with Gasteiger partial charge in [-0.05, 0) is 48.4 Å². The first-order valence-electron chi connectivity index (χ1n) is 8.71. The van der Waals surface area contributed by atoms with Crippen molar-refractivity contribution in [2.45, 2.75) is 25.7 Å². The van der Waals surface area contributed by atoms with E-state index < -0.39 is 0 Å². The Kier molecular flexibility index (Phi) is 6.72. The Bertz CT molecular complexity index is 844. The van der Waals surface area contributed by atoms with Gasteiger partial charge in [-0.15, -0.1) is 0 Å². The Morgan fingerprint density at radius 2 is 2.00 bits per heavy atom. The van der Waals surface area contributed by atoms with Gasteiger partial charge in [0, 0.05) is 4.47 Å². The highest BCUT2D eigenvalue weighted by molar-refractivity contribution is 9.10. The topological polar surface area (TPSA) is 96.0 Å². The summed E-state index contributed by atoms with van der Waals surface area (Å²) in [5.41, 5.74) is 10.2. The smallest absolute Gasteiger partial charge is 0.330 e. The molecule has 148 valence electrons. The van der Waals surface area contributed by atoms with E-state index in [0.29, 0.717) is 18.1 Å². The predicted molar refractivity (Wildman–Crippen MR) is 110 cm³/mol. The summed E-state index contributed by atoms with van der Waals surface area (Å²) in [4.78, 5) is 11.3. The lowest BCUT2D eigenvalue weighted by molar-refractivity contribution is 0.202. The number of urea groups is 1. The zero-order valence-electron chi connectivity index (χ0n) is 15.5. The van der Waals surface area contributed by atoms with E-state index in [2.05, 4.69) is 42.6 Å². The van der Waals surface area contributed by atoms with Gasteiger partial charge < -0.3 is 14.8 Å². The molecule has 0 saturated carbocycles. The second kappa shape index (κ2) is 9.43. The van der Waals surface area contributed by atoms with Gasteiger partial charge in [-0.1, -0.05) is 28.1 Å². The van der Waals surface area contributed by atoms with Crippen LogP contribution in [0, 0.1) is 0 Å². The third-order valence-corrected chi connectivity index (χ3v) is 4.65. The van der Waals surface area contributed by atoms with Gasteiger partial charge in [0.25, 0.3) is 0 Å². The molecule has 0 radical (unpaired) electrons. The van der Waals surface area contributed by atoms with Gasteiger partial charge in [-0.2, -0.15) is 5.10 Å². The van der Waals surface area contributed by atoms with Gasteiger partial charge in [-0.3, -0.25) is 10.9 Å². The number of nitrogens with one attached hydrogen (secondary N) is 4. The summed E-state index contributed by atoms with van der Waals surface area (Å²) < 4.78 is 12.3. The maximum Gasteiger partial charge on any atom is 0.330 e. The van der Waals surface area contributed by atoms with Crippen molar-refractivity contribution in [1.29, 1.82) is 0 Å². The first-order valence-corrected chi connectivity index (χ1v) is 9.50. The lowest BCUT2D eigenvalue weighted by Crippen LogP contribution is -2.67. The fraction of sp³-hybridized carbons (Fsp3) is 0.263. The lowest BCUT2D eigenvalue weighted by atomic mass is 10.2. The van der Waals surface area contributed by atoms with Crippen molar-refractivity contribution in [3.05, 3.63) is 58.1 Å². The van der Waals surface area contributed by atoms with Crippen LogP contribution >= 0.6 is 15.9 Å². The molecular weight excluding hydrogens is 426 g/mol. The third kappa shape index (κ3) is 5.37. The average molecular weight is 448 g/mol. The summed E-state index contributed by atoms with van der Waals surface area (Å²) in [5.74, 6) is 1.27. The third-order valence-electron chi connectivity index (χ3n) is 4.12. The standard InChI is InChI=1S/C19H22BrN5O3/c1-12-18(22-19(26)25-23-12)24-21-10-14-5-8-16(17(9-14)27-2)28-11-13-3-6-15(20)7-4-13/h3-10,12,18,23-24H,11H2,1-2H3,(H2,22,25,26)/b21-10+. The molecule has 2 amide bonds. The van der Waals surface area contributed by atoms with Gasteiger partial charge in [0.1, 0.15) is 12.8 Å². The minimum Gasteiger partial charge on any atom is -0.493 e. The monoisotopic (exact) mass is 447 g/mol. The number of hydrogen-bond donors (Lipinski definition) is 4. The number of benzene rings is 2. The van der Waals surface area contributed by atoms with Crippen LogP contribution < -0.4 is 31.1 Å². The molecule has 0 spiro atoms. The van der Waals surface area contributed by atoms with E-state index in [9.17, 15) is 4.79 Å². The van der Waals surface area contributed by atoms with E-state index >= 15 is 0 Å². The number of rotatable bonds is 7. The highest BCUT2D eigenvalue weighted by atomic mass is 79.9. The second-order valence-electron chi connectivity index (χ2n) is 6.22. The number of hydrazone groups is 1. The molecule has 1 fully saturated rings. The average Bonchev–Trinajstić information content (AvgIpc) is 2.70. The van der Waals surface area contributed by atoms with Crippen molar-refractivity contribution < 1.29 is 14.3 Å². The molecule has 2 aromatic carbocycles. The van der Waals surface area contributed by atoms with Crippen molar-refractivity contribution in [1.82, 2.24) is 21.6 Å². The zero-order chi connectivity index (χ0) is 19.9. The molecular formula is C19H22BrN5O3. The number of amides is 2. The van der Waals surface area contributed by atoms with E-state index in [1.807, 2.05) is 49.4 Å². The SMILES string of the molecule is COc1cc(/C=N/NC2NC(=O)NNC2C)ccc1OCc1ccc(Br)cc1. The maximum absolute atomic E-state index is 11.3. The number of nitrogens with zero attached hydrogens (tertiary/aromatic N) is 1. The first kappa shape index (κ1) is 20.0. The summed E-state index contributed by atoms with van der Waals surface area (Å²) in [6, 6.07) is 13.2. The van der Waals surface area contributed by atoms with Gasteiger partial charge in [0.15, 0.2) is 11.5 Å². The summed E-state index contributed by atoms with van der Waals surface area (Å²) in [5, 5.41) is 6.93.